The molecule has 1 saturated heterocycles. The molecule has 1 N–H and O–H groups in total. The Bertz CT molecular complexity index is 725. The number of benzene rings is 1. The summed E-state index contributed by atoms with van der Waals surface area (Å²) in [5.74, 6) is 0.270. The molecule has 1 heterocycles. The number of nitrogens with zero attached hydrogens (tertiary/aromatic N) is 1. The van der Waals surface area contributed by atoms with Gasteiger partial charge in [-0.2, -0.15) is 0 Å². The van der Waals surface area contributed by atoms with Crippen molar-refractivity contribution in [3.05, 3.63) is 36.4 Å². The number of methoxy groups -OCH3 is 1. The number of carbonyl (C=O) groups is 3. The number of allylic oxidation sites excluding steroid dienone is 2. The summed E-state index contributed by atoms with van der Waals surface area (Å²) >= 11 is 0. The zero-order valence-electron chi connectivity index (χ0n) is 14.0. The maximum atomic E-state index is 12.6. The van der Waals surface area contributed by atoms with Crippen LogP contribution in [0.25, 0.3) is 0 Å². The number of rotatable bonds is 5. The lowest BCUT2D eigenvalue weighted by Crippen LogP contribution is -2.35. The minimum absolute atomic E-state index is 0.103. The molecule has 4 rings (SSSR count). The third-order valence-electron chi connectivity index (χ3n) is 5.50. The molecule has 4 atom stereocenters. The lowest BCUT2D eigenvalue weighted by Gasteiger charge is -2.17. The molecule has 6 heteroatoms. The quantitative estimate of drug-likeness (QED) is 0.655. The Balaban J connectivity index is 1.34. The van der Waals surface area contributed by atoms with Crippen molar-refractivity contribution in [1.29, 1.82) is 0 Å². The van der Waals surface area contributed by atoms with Gasteiger partial charge >= 0.3 is 0 Å². The molecule has 0 unspecified atom stereocenters. The van der Waals surface area contributed by atoms with Gasteiger partial charge in [0.05, 0.1) is 18.9 Å². The second-order valence-corrected chi connectivity index (χ2v) is 6.85. The van der Waals surface area contributed by atoms with Gasteiger partial charge in [0.1, 0.15) is 5.75 Å². The first kappa shape index (κ1) is 15.9. The normalized spacial score (nSPS) is 29.2. The Kier molecular flexibility index (Phi) is 3.82. The summed E-state index contributed by atoms with van der Waals surface area (Å²) in [5.41, 5.74) is 0.656. The number of amides is 3. The van der Waals surface area contributed by atoms with E-state index in [1.54, 1.807) is 31.4 Å². The number of imide groups is 1. The van der Waals surface area contributed by atoms with Crippen LogP contribution in [0.4, 0.5) is 5.69 Å². The van der Waals surface area contributed by atoms with Crippen LogP contribution in [-0.4, -0.2) is 36.3 Å². The predicted octanol–water partition coefficient (Wildman–Crippen LogP) is 1.83. The van der Waals surface area contributed by atoms with Gasteiger partial charge in [-0.3, -0.25) is 19.3 Å². The van der Waals surface area contributed by atoms with Crippen LogP contribution in [0.3, 0.4) is 0 Å². The van der Waals surface area contributed by atoms with E-state index in [2.05, 4.69) is 17.5 Å². The number of hydrogen-bond donors (Lipinski definition) is 1. The fourth-order valence-corrected chi connectivity index (χ4v) is 4.30. The van der Waals surface area contributed by atoms with E-state index in [-0.39, 0.29) is 54.4 Å². The number of fused-ring (bicyclic) bond motifs is 5. The second-order valence-electron chi connectivity index (χ2n) is 6.85. The molecule has 1 aromatic rings. The molecule has 6 nitrogen and oxygen atoms in total. The number of ether oxygens (including phenoxy) is 1. The number of likely N-dealkylation sites (tertiary alicyclic amines) is 1. The van der Waals surface area contributed by atoms with Gasteiger partial charge in [-0.05, 0) is 42.5 Å². The van der Waals surface area contributed by atoms with E-state index in [1.807, 2.05) is 0 Å². The largest absolute Gasteiger partial charge is 0.497 e. The maximum Gasteiger partial charge on any atom is 0.233 e. The fourth-order valence-electron chi connectivity index (χ4n) is 4.30. The van der Waals surface area contributed by atoms with Gasteiger partial charge in [0, 0.05) is 18.7 Å². The van der Waals surface area contributed by atoms with Crippen molar-refractivity contribution < 1.29 is 19.1 Å². The lowest BCUT2D eigenvalue weighted by atomic mass is 9.85. The third-order valence-corrected chi connectivity index (χ3v) is 5.50. The average molecular weight is 340 g/mol. The molecular weight excluding hydrogens is 320 g/mol. The summed E-state index contributed by atoms with van der Waals surface area (Å²) in [4.78, 5) is 38.5. The lowest BCUT2D eigenvalue weighted by molar-refractivity contribution is -0.140. The number of carbonyl (C=O) groups excluding carboxylic acids is 3. The minimum atomic E-state index is -0.219. The van der Waals surface area contributed by atoms with Crippen molar-refractivity contribution in [3.8, 4) is 5.75 Å². The van der Waals surface area contributed by atoms with Crippen LogP contribution in [0.5, 0.6) is 5.75 Å². The molecule has 1 aromatic carbocycles. The highest BCUT2D eigenvalue weighted by atomic mass is 16.5. The van der Waals surface area contributed by atoms with Crippen LogP contribution in [0.1, 0.15) is 12.8 Å². The van der Waals surface area contributed by atoms with Crippen LogP contribution in [0, 0.1) is 23.7 Å². The van der Waals surface area contributed by atoms with Crippen molar-refractivity contribution in [2.45, 2.75) is 12.8 Å². The first-order valence-corrected chi connectivity index (χ1v) is 8.56. The van der Waals surface area contributed by atoms with E-state index >= 15 is 0 Å². The summed E-state index contributed by atoms with van der Waals surface area (Å²) in [6.07, 6.45) is 5.15. The summed E-state index contributed by atoms with van der Waals surface area (Å²) in [5, 5.41) is 2.77. The molecule has 25 heavy (non-hydrogen) atoms. The van der Waals surface area contributed by atoms with Gasteiger partial charge in [0.25, 0.3) is 0 Å². The second kappa shape index (κ2) is 6.02. The van der Waals surface area contributed by atoms with Crippen LogP contribution in [-0.2, 0) is 14.4 Å². The molecule has 0 spiro atoms. The van der Waals surface area contributed by atoms with E-state index in [0.29, 0.717) is 11.4 Å². The molecule has 0 aromatic heterocycles. The molecular formula is C19H20N2O4. The Morgan fingerprint density at radius 1 is 1.12 bits per heavy atom. The van der Waals surface area contributed by atoms with E-state index in [0.717, 1.165) is 6.42 Å². The van der Waals surface area contributed by atoms with Crippen LogP contribution < -0.4 is 10.1 Å². The standard InChI is InChI=1S/C19H20N2O4/c1-25-14-6-4-13(5-7-14)20-15(22)8-9-21-18(23)16-11-2-3-12(10-11)17(16)19(21)24/h2-7,11-12,16-17H,8-10H2,1H3,(H,20,22)/t11-,12-,16-,17+/m0/s1. The summed E-state index contributed by atoms with van der Waals surface area (Å²) in [6, 6.07) is 7.01. The van der Waals surface area contributed by atoms with Crippen LogP contribution >= 0.6 is 0 Å². The van der Waals surface area contributed by atoms with Crippen molar-refractivity contribution in [1.82, 2.24) is 4.90 Å². The summed E-state index contributed by atoms with van der Waals surface area (Å²) < 4.78 is 5.07. The Hall–Kier alpha value is -2.63. The van der Waals surface area contributed by atoms with Crippen LogP contribution in [0.15, 0.2) is 36.4 Å². The zero-order chi connectivity index (χ0) is 17.6. The van der Waals surface area contributed by atoms with Gasteiger partial charge in [-0.1, -0.05) is 12.2 Å². The molecule has 1 aliphatic heterocycles. The first-order valence-electron chi connectivity index (χ1n) is 8.56. The molecule has 2 aliphatic carbocycles. The molecule has 3 aliphatic rings. The van der Waals surface area contributed by atoms with Crippen LogP contribution in [0.2, 0.25) is 0 Å². The summed E-state index contributed by atoms with van der Waals surface area (Å²) in [7, 11) is 1.58. The fraction of sp³-hybridized carbons (Fsp3) is 0.421. The van der Waals surface area contributed by atoms with E-state index < -0.39 is 0 Å². The number of hydrogen-bond acceptors (Lipinski definition) is 4. The zero-order valence-corrected chi connectivity index (χ0v) is 14.0. The minimum Gasteiger partial charge on any atom is -0.497 e. The van der Waals surface area contributed by atoms with Crippen molar-refractivity contribution >= 4 is 23.4 Å². The van der Waals surface area contributed by atoms with Gasteiger partial charge in [0.15, 0.2) is 0 Å². The molecule has 1 saturated carbocycles. The SMILES string of the molecule is COc1ccc(NC(=O)CCN2C(=O)[C@@H]3[C@H](C2=O)[C@H]2C=C[C@H]3C2)cc1. The molecule has 2 bridgehead atoms. The monoisotopic (exact) mass is 340 g/mol. The predicted molar refractivity (Wildman–Crippen MR) is 90.7 cm³/mol. The van der Waals surface area contributed by atoms with Gasteiger partial charge in [0.2, 0.25) is 17.7 Å². The van der Waals surface area contributed by atoms with Gasteiger partial charge in [-0.15, -0.1) is 0 Å². The number of nitrogens with one attached hydrogen (secondary N) is 1. The van der Waals surface area contributed by atoms with Crippen molar-refractivity contribution in [2.75, 3.05) is 19.0 Å². The van der Waals surface area contributed by atoms with Gasteiger partial charge in [-0.25, -0.2) is 0 Å². The topological polar surface area (TPSA) is 75.7 Å². The average Bonchev–Trinajstić information content (AvgIpc) is 3.29. The molecule has 2 fully saturated rings. The highest BCUT2D eigenvalue weighted by Gasteiger charge is 2.58. The number of anilines is 1. The molecule has 3 amide bonds. The Morgan fingerprint density at radius 2 is 1.72 bits per heavy atom. The molecule has 130 valence electrons. The van der Waals surface area contributed by atoms with E-state index in [1.165, 1.54) is 4.90 Å². The smallest absolute Gasteiger partial charge is 0.233 e. The maximum absolute atomic E-state index is 12.6. The Morgan fingerprint density at radius 3 is 2.28 bits per heavy atom. The van der Waals surface area contributed by atoms with Gasteiger partial charge < -0.3 is 10.1 Å². The third kappa shape index (κ3) is 2.62. The van der Waals surface area contributed by atoms with Crippen molar-refractivity contribution in [3.63, 3.8) is 0 Å². The van der Waals surface area contributed by atoms with E-state index in [9.17, 15) is 14.4 Å². The van der Waals surface area contributed by atoms with Crippen molar-refractivity contribution in [2.24, 2.45) is 23.7 Å². The van der Waals surface area contributed by atoms with E-state index in [4.69, 9.17) is 4.74 Å². The molecule has 0 radical (unpaired) electrons. The summed E-state index contributed by atoms with van der Waals surface area (Å²) in [6.45, 7) is 0.145. The highest BCUT2D eigenvalue weighted by molar-refractivity contribution is 6.06. The highest BCUT2D eigenvalue weighted by Crippen LogP contribution is 2.52. The Labute approximate surface area is 145 Å². The first-order chi connectivity index (χ1) is 12.1.